The summed E-state index contributed by atoms with van der Waals surface area (Å²) in [5.74, 6) is 0.936. The maximum atomic E-state index is 6.00. The molecule has 0 atom stereocenters. The van der Waals surface area contributed by atoms with E-state index < -0.39 is 0 Å². The van der Waals surface area contributed by atoms with E-state index in [1.807, 2.05) is 30.3 Å². The van der Waals surface area contributed by atoms with Gasteiger partial charge >= 0.3 is 0 Å². The molecule has 1 heteroatoms. The predicted octanol–water partition coefficient (Wildman–Crippen LogP) is 6.30. The van der Waals surface area contributed by atoms with E-state index in [-0.39, 0.29) is 0 Å². The van der Waals surface area contributed by atoms with Gasteiger partial charge in [0.2, 0.25) is 0 Å². The molecule has 126 valence electrons. The summed E-state index contributed by atoms with van der Waals surface area (Å²) in [6.45, 7) is 0.597. The van der Waals surface area contributed by atoms with Crippen molar-refractivity contribution in [2.75, 3.05) is 0 Å². The van der Waals surface area contributed by atoms with E-state index in [4.69, 9.17) is 4.74 Å². The number of benzene rings is 3. The van der Waals surface area contributed by atoms with Crippen molar-refractivity contribution < 1.29 is 4.74 Å². The first-order valence-corrected chi connectivity index (χ1v) is 8.88. The number of allylic oxidation sites excluding steroid dienone is 1. The number of hydrogen-bond donors (Lipinski definition) is 0. The molecular formula is C24H24O. The summed E-state index contributed by atoms with van der Waals surface area (Å²) in [7, 11) is 0. The topological polar surface area (TPSA) is 9.23 Å². The lowest BCUT2D eigenvalue weighted by atomic mass is 10.1. The van der Waals surface area contributed by atoms with Crippen LogP contribution in [0.1, 0.15) is 29.5 Å². The van der Waals surface area contributed by atoms with Crippen LogP contribution in [0.5, 0.6) is 5.75 Å². The fourth-order valence-corrected chi connectivity index (χ4v) is 2.76. The van der Waals surface area contributed by atoms with Gasteiger partial charge in [-0.05, 0) is 36.5 Å². The molecule has 0 spiro atoms. The summed E-state index contributed by atoms with van der Waals surface area (Å²) in [5, 5.41) is 0. The van der Waals surface area contributed by atoms with Gasteiger partial charge in [0.25, 0.3) is 0 Å². The van der Waals surface area contributed by atoms with Gasteiger partial charge in [0.1, 0.15) is 12.4 Å². The fourth-order valence-electron chi connectivity index (χ4n) is 2.76. The van der Waals surface area contributed by atoms with Crippen LogP contribution in [0.3, 0.4) is 0 Å². The zero-order valence-corrected chi connectivity index (χ0v) is 14.5. The molecule has 0 radical (unpaired) electrons. The van der Waals surface area contributed by atoms with Crippen LogP contribution in [-0.2, 0) is 13.0 Å². The predicted molar refractivity (Wildman–Crippen MR) is 106 cm³/mol. The molecule has 0 aliphatic carbocycles. The summed E-state index contributed by atoms with van der Waals surface area (Å²) in [5.41, 5.74) is 3.73. The molecule has 25 heavy (non-hydrogen) atoms. The Kier molecular flexibility index (Phi) is 6.46. The van der Waals surface area contributed by atoms with E-state index >= 15 is 0 Å². The van der Waals surface area contributed by atoms with Crippen molar-refractivity contribution in [3.63, 3.8) is 0 Å². The Morgan fingerprint density at radius 1 is 0.680 bits per heavy atom. The van der Waals surface area contributed by atoms with E-state index in [0.717, 1.165) is 30.6 Å². The van der Waals surface area contributed by atoms with Gasteiger partial charge in [0.05, 0.1) is 0 Å². The Morgan fingerprint density at radius 3 is 2.08 bits per heavy atom. The number of ether oxygens (including phenoxy) is 1. The molecule has 0 fully saturated rings. The first-order valence-electron chi connectivity index (χ1n) is 8.88. The molecule has 0 aliphatic heterocycles. The van der Waals surface area contributed by atoms with Gasteiger partial charge in [-0.1, -0.05) is 91.0 Å². The second-order valence-electron chi connectivity index (χ2n) is 6.09. The number of hydrogen-bond acceptors (Lipinski definition) is 1. The molecule has 3 aromatic carbocycles. The number of para-hydroxylation sites is 1. The van der Waals surface area contributed by atoms with E-state index in [0.29, 0.717) is 6.61 Å². The molecule has 0 amide bonds. The normalized spacial score (nSPS) is 10.9. The van der Waals surface area contributed by atoms with Crippen molar-refractivity contribution in [2.24, 2.45) is 0 Å². The first-order chi connectivity index (χ1) is 12.4. The second-order valence-corrected chi connectivity index (χ2v) is 6.09. The molecule has 3 aromatic rings. The minimum atomic E-state index is 0.597. The molecule has 0 bridgehead atoms. The lowest BCUT2D eigenvalue weighted by Gasteiger charge is -2.09. The van der Waals surface area contributed by atoms with Crippen LogP contribution in [-0.4, -0.2) is 0 Å². The van der Waals surface area contributed by atoms with Crippen LogP contribution in [0.2, 0.25) is 0 Å². The van der Waals surface area contributed by atoms with Crippen molar-refractivity contribution >= 4 is 6.08 Å². The average molecular weight is 328 g/mol. The Hall–Kier alpha value is -2.80. The summed E-state index contributed by atoms with van der Waals surface area (Å²) in [6.07, 6.45) is 7.77. The van der Waals surface area contributed by atoms with E-state index in [1.54, 1.807) is 0 Å². The highest BCUT2D eigenvalue weighted by molar-refractivity contribution is 5.57. The Bertz CT molecular complexity index is 775. The van der Waals surface area contributed by atoms with Gasteiger partial charge in [-0.25, -0.2) is 0 Å². The molecule has 0 saturated heterocycles. The highest BCUT2D eigenvalue weighted by Gasteiger charge is 2.00. The summed E-state index contributed by atoms with van der Waals surface area (Å²) in [4.78, 5) is 0. The lowest BCUT2D eigenvalue weighted by molar-refractivity contribution is 0.305. The third-order valence-corrected chi connectivity index (χ3v) is 4.13. The Balaban J connectivity index is 1.51. The highest BCUT2D eigenvalue weighted by Crippen LogP contribution is 2.21. The van der Waals surface area contributed by atoms with Crippen LogP contribution >= 0.6 is 0 Å². The minimum Gasteiger partial charge on any atom is -0.488 e. The van der Waals surface area contributed by atoms with E-state index in [9.17, 15) is 0 Å². The van der Waals surface area contributed by atoms with Crippen LogP contribution < -0.4 is 4.74 Å². The second kappa shape index (κ2) is 9.48. The third kappa shape index (κ3) is 5.65. The van der Waals surface area contributed by atoms with Crippen molar-refractivity contribution in [1.29, 1.82) is 0 Å². The standard InChI is InChI=1S/C24H24O/c1-4-12-21(13-5-1)14-6-3-9-17-23-18-10-11-19-24(23)25-20-22-15-7-2-8-16-22/h1-2,4-5,7-13,15-19H,3,6,14,20H2. The molecule has 0 aliphatic rings. The zero-order valence-electron chi connectivity index (χ0n) is 14.5. The van der Waals surface area contributed by atoms with Gasteiger partial charge in [-0.15, -0.1) is 0 Å². The molecule has 0 N–H and O–H groups in total. The summed E-state index contributed by atoms with van der Waals surface area (Å²) in [6, 6.07) is 29.1. The first kappa shape index (κ1) is 17.0. The summed E-state index contributed by atoms with van der Waals surface area (Å²) >= 11 is 0. The largest absolute Gasteiger partial charge is 0.488 e. The molecule has 0 aromatic heterocycles. The van der Waals surface area contributed by atoms with Crippen LogP contribution in [0.4, 0.5) is 0 Å². The van der Waals surface area contributed by atoms with Gasteiger partial charge in [-0.3, -0.25) is 0 Å². The lowest BCUT2D eigenvalue weighted by Crippen LogP contribution is -1.96. The van der Waals surface area contributed by atoms with Crippen molar-refractivity contribution in [3.05, 3.63) is 108 Å². The fraction of sp³-hybridized carbons (Fsp3) is 0.167. The van der Waals surface area contributed by atoms with Crippen LogP contribution in [0.15, 0.2) is 91.0 Å². The maximum absolute atomic E-state index is 6.00. The Labute approximate surface area is 150 Å². The number of unbranched alkanes of at least 4 members (excludes halogenated alkanes) is 1. The zero-order chi connectivity index (χ0) is 17.2. The van der Waals surface area contributed by atoms with Gasteiger partial charge < -0.3 is 4.74 Å². The number of rotatable bonds is 8. The summed E-state index contributed by atoms with van der Waals surface area (Å²) < 4.78 is 6.00. The Morgan fingerprint density at radius 2 is 1.32 bits per heavy atom. The van der Waals surface area contributed by atoms with E-state index in [2.05, 4.69) is 66.7 Å². The van der Waals surface area contributed by atoms with Gasteiger partial charge in [0.15, 0.2) is 0 Å². The average Bonchev–Trinajstić information content (AvgIpc) is 2.68. The molecule has 0 unspecified atom stereocenters. The van der Waals surface area contributed by atoms with Crippen LogP contribution in [0, 0.1) is 0 Å². The molecule has 3 rings (SSSR count). The van der Waals surface area contributed by atoms with Crippen molar-refractivity contribution in [1.82, 2.24) is 0 Å². The van der Waals surface area contributed by atoms with Gasteiger partial charge in [-0.2, -0.15) is 0 Å². The van der Waals surface area contributed by atoms with Crippen LogP contribution in [0.25, 0.3) is 6.08 Å². The third-order valence-electron chi connectivity index (χ3n) is 4.13. The van der Waals surface area contributed by atoms with Crippen molar-refractivity contribution in [2.45, 2.75) is 25.9 Å². The molecule has 0 heterocycles. The monoisotopic (exact) mass is 328 g/mol. The quantitative estimate of drug-likeness (QED) is 0.441. The molecule has 1 nitrogen and oxygen atoms in total. The van der Waals surface area contributed by atoms with Gasteiger partial charge in [0, 0.05) is 5.56 Å². The van der Waals surface area contributed by atoms with Crippen molar-refractivity contribution in [3.8, 4) is 5.75 Å². The smallest absolute Gasteiger partial charge is 0.127 e. The maximum Gasteiger partial charge on any atom is 0.127 e. The SMILES string of the molecule is C(=Cc1ccccc1OCc1ccccc1)CCCc1ccccc1. The number of aryl methyl sites for hydroxylation is 1. The molecular weight excluding hydrogens is 304 g/mol. The highest BCUT2D eigenvalue weighted by atomic mass is 16.5. The van der Waals surface area contributed by atoms with E-state index in [1.165, 1.54) is 11.1 Å². The molecule has 0 saturated carbocycles. The minimum absolute atomic E-state index is 0.597.